The van der Waals surface area contributed by atoms with Gasteiger partial charge in [0.15, 0.2) is 5.78 Å². The van der Waals surface area contributed by atoms with Crippen molar-refractivity contribution in [3.63, 3.8) is 0 Å². The van der Waals surface area contributed by atoms with Crippen molar-refractivity contribution in [1.29, 1.82) is 0 Å². The van der Waals surface area contributed by atoms with Gasteiger partial charge in [0.25, 0.3) is 5.91 Å². The largest absolute Gasteiger partial charge is 0.397 e. The number of nitrogens with zero attached hydrogens (tertiary/aromatic N) is 1. The van der Waals surface area contributed by atoms with Gasteiger partial charge in [0.2, 0.25) is 0 Å². The number of carbonyl (C=O) groups excluding carboxylic acids is 2. The Labute approximate surface area is 123 Å². The Morgan fingerprint density at radius 3 is 2.70 bits per heavy atom. The summed E-state index contributed by atoms with van der Waals surface area (Å²) in [5.74, 6) is 0.341. The van der Waals surface area contributed by atoms with Gasteiger partial charge >= 0.3 is 0 Å². The molecule has 0 aliphatic carbocycles. The van der Waals surface area contributed by atoms with E-state index in [0.29, 0.717) is 22.0 Å². The number of hydrogen-bond donors (Lipinski definition) is 2. The predicted octanol–water partition coefficient (Wildman–Crippen LogP) is 2.13. The lowest BCUT2D eigenvalue weighted by Crippen LogP contribution is -2.25. The van der Waals surface area contributed by atoms with E-state index in [1.165, 1.54) is 18.3 Å². The fraction of sp³-hybridized carbons (Fsp3) is 0.571. The van der Waals surface area contributed by atoms with Crippen LogP contribution in [0.15, 0.2) is 0 Å². The topological polar surface area (TPSA) is 75.4 Å². The minimum atomic E-state index is -0.221. The van der Waals surface area contributed by atoms with Crippen molar-refractivity contribution in [1.82, 2.24) is 5.32 Å². The van der Waals surface area contributed by atoms with Gasteiger partial charge < -0.3 is 16.0 Å². The zero-order valence-electron chi connectivity index (χ0n) is 12.2. The summed E-state index contributed by atoms with van der Waals surface area (Å²) in [5, 5.41) is 3.45. The molecule has 0 spiro atoms. The first kappa shape index (κ1) is 14.8. The SMILES string of the molecule is CCC1CCN(c2sc(C(C)=O)c(N)c2C(=O)NC)C1. The normalized spacial score (nSPS) is 18.4. The van der Waals surface area contributed by atoms with Gasteiger partial charge in [0.05, 0.1) is 16.1 Å². The van der Waals surface area contributed by atoms with E-state index in [9.17, 15) is 9.59 Å². The van der Waals surface area contributed by atoms with Gasteiger partial charge in [-0.1, -0.05) is 13.3 Å². The molecule has 5 nitrogen and oxygen atoms in total. The highest BCUT2D eigenvalue weighted by molar-refractivity contribution is 7.19. The Morgan fingerprint density at radius 2 is 2.20 bits per heavy atom. The number of Topliss-reactive ketones (excluding diaryl/α,β-unsaturated/α-hetero) is 1. The molecule has 1 aromatic heterocycles. The van der Waals surface area contributed by atoms with Gasteiger partial charge in [-0.15, -0.1) is 11.3 Å². The van der Waals surface area contributed by atoms with Crippen molar-refractivity contribution in [3.8, 4) is 0 Å². The van der Waals surface area contributed by atoms with Crippen LogP contribution in [-0.2, 0) is 0 Å². The third-order valence-corrected chi connectivity index (χ3v) is 5.22. The minimum Gasteiger partial charge on any atom is -0.397 e. The summed E-state index contributed by atoms with van der Waals surface area (Å²) in [6.45, 7) is 5.51. The molecule has 1 amide bonds. The second-order valence-corrected chi connectivity index (χ2v) is 6.17. The van der Waals surface area contributed by atoms with Crippen LogP contribution in [0.1, 0.15) is 46.7 Å². The molecule has 1 aliphatic rings. The summed E-state index contributed by atoms with van der Waals surface area (Å²) in [6.07, 6.45) is 2.25. The Hall–Kier alpha value is -1.56. The summed E-state index contributed by atoms with van der Waals surface area (Å²) >= 11 is 1.34. The molecule has 1 unspecified atom stereocenters. The van der Waals surface area contributed by atoms with E-state index in [-0.39, 0.29) is 11.7 Å². The van der Waals surface area contributed by atoms with Gasteiger partial charge in [-0.05, 0) is 12.3 Å². The molecule has 1 atom stereocenters. The highest BCUT2D eigenvalue weighted by Gasteiger charge is 2.30. The molecule has 20 heavy (non-hydrogen) atoms. The van der Waals surface area contributed by atoms with Crippen LogP contribution in [0, 0.1) is 5.92 Å². The molecular weight excluding hydrogens is 274 g/mol. The van der Waals surface area contributed by atoms with E-state index in [1.54, 1.807) is 7.05 Å². The molecule has 0 bridgehead atoms. The molecule has 0 aromatic carbocycles. The van der Waals surface area contributed by atoms with Crippen LogP contribution in [0.4, 0.5) is 10.7 Å². The monoisotopic (exact) mass is 295 g/mol. The fourth-order valence-corrected chi connectivity index (χ4v) is 3.76. The van der Waals surface area contributed by atoms with Crippen molar-refractivity contribution in [3.05, 3.63) is 10.4 Å². The highest BCUT2D eigenvalue weighted by atomic mass is 32.1. The lowest BCUT2D eigenvalue weighted by Gasteiger charge is -2.18. The summed E-state index contributed by atoms with van der Waals surface area (Å²) in [5.41, 5.74) is 6.79. The maximum atomic E-state index is 12.1. The van der Waals surface area contributed by atoms with Gasteiger partial charge in [-0.3, -0.25) is 9.59 Å². The van der Waals surface area contributed by atoms with Gasteiger partial charge in [-0.2, -0.15) is 0 Å². The molecule has 1 saturated heterocycles. The van der Waals surface area contributed by atoms with Crippen LogP contribution < -0.4 is 16.0 Å². The Kier molecular flexibility index (Phi) is 4.32. The first-order chi connectivity index (χ1) is 9.49. The van der Waals surface area contributed by atoms with E-state index in [4.69, 9.17) is 5.73 Å². The number of anilines is 2. The lowest BCUT2D eigenvalue weighted by atomic mass is 10.1. The summed E-state index contributed by atoms with van der Waals surface area (Å²) in [4.78, 5) is 26.4. The number of nitrogens with one attached hydrogen (secondary N) is 1. The second kappa shape index (κ2) is 5.83. The number of rotatable bonds is 4. The standard InChI is InChI=1S/C14H21N3O2S/c1-4-9-5-6-17(7-9)14-10(13(19)16-3)11(15)12(20-14)8(2)18/h9H,4-7,15H2,1-3H3,(H,16,19). The number of amides is 1. The zero-order chi connectivity index (χ0) is 14.9. The van der Waals surface area contributed by atoms with E-state index < -0.39 is 0 Å². The molecule has 1 aromatic rings. The lowest BCUT2D eigenvalue weighted by molar-refractivity contribution is 0.0964. The van der Waals surface area contributed by atoms with E-state index in [0.717, 1.165) is 30.9 Å². The van der Waals surface area contributed by atoms with Crippen LogP contribution >= 0.6 is 11.3 Å². The zero-order valence-corrected chi connectivity index (χ0v) is 13.0. The van der Waals surface area contributed by atoms with Crippen LogP contribution in [0.2, 0.25) is 0 Å². The van der Waals surface area contributed by atoms with Crippen molar-refractivity contribution < 1.29 is 9.59 Å². The molecule has 0 radical (unpaired) electrons. The minimum absolute atomic E-state index is 0.0878. The quantitative estimate of drug-likeness (QED) is 0.834. The third kappa shape index (κ3) is 2.52. The van der Waals surface area contributed by atoms with Crippen molar-refractivity contribution in [2.24, 2.45) is 5.92 Å². The molecule has 6 heteroatoms. The molecule has 1 fully saturated rings. The summed E-state index contributed by atoms with van der Waals surface area (Å²) in [6, 6.07) is 0. The number of thiophene rings is 1. The maximum Gasteiger partial charge on any atom is 0.256 e. The van der Waals surface area contributed by atoms with E-state index in [1.807, 2.05) is 0 Å². The molecule has 2 heterocycles. The van der Waals surface area contributed by atoms with Crippen LogP contribution in [0.25, 0.3) is 0 Å². The molecule has 2 rings (SSSR count). The van der Waals surface area contributed by atoms with E-state index >= 15 is 0 Å². The molecule has 3 N–H and O–H groups in total. The highest BCUT2D eigenvalue weighted by Crippen LogP contribution is 2.40. The fourth-order valence-electron chi connectivity index (χ4n) is 2.61. The number of nitrogen functional groups attached to an aromatic ring is 1. The third-order valence-electron chi connectivity index (χ3n) is 3.85. The predicted molar refractivity (Wildman–Crippen MR) is 82.7 cm³/mol. The van der Waals surface area contributed by atoms with Gasteiger partial charge in [-0.25, -0.2) is 0 Å². The maximum absolute atomic E-state index is 12.1. The number of carbonyl (C=O) groups is 2. The average Bonchev–Trinajstić information content (AvgIpc) is 3.01. The first-order valence-corrected chi connectivity index (χ1v) is 7.71. The second-order valence-electron chi connectivity index (χ2n) is 5.17. The van der Waals surface area contributed by atoms with Crippen LogP contribution in [-0.4, -0.2) is 31.8 Å². The Bertz CT molecular complexity index is 539. The Morgan fingerprint density at radius 1 is 1.50 bits per heavy atom. The van der Waals surface area contributed by atoms with E-state index in [2.05, 4.69) is 17.1 Å². The first-order valence-electron chi connectivity index (χ1n) is 6.89. The summed E-state index contributed by atoms with van der Waals surface area (Å²) < 4.78 is 0. The average molecular weight is 295 g/mol. The van der Waals surface area contributed by atoms with Crippen LogP contribution in [0.5, 0.6) is 0 Å². The smallest absolute Gasteiger partial charge is 0.256 e. The molecule has 1 aliphatic heterocycles. The van der Waals surface area contributed by atoms with Gasteiger partial charge in [0, 0.05) is 27.1 Å². The number of ketones is 1. The molecule has 0 saturated carbocycles. The van der Waals surface area contributed by atoms with Crippen molar-refractivity contribution >= 4 is 33.7 Å². The number of hydrogen-bond acceptors (Lipinski definition) is 5. The molecule has 110 valence electrons. The number of nitrogens with two attached hydrogens (primary N) is 1. The van der Waals surface area contributed by atoms with Crippen molar-refractivity contribution in [2.45, 2.75) is 26.7 Å². The Balaban J connectivity index is 2.43. The summed E-state index contributed by atoms with van der Waals surface area (Å²) in [7, 11) is 1.58. The molecular formula is C14H21N3O2S. The van der Waals surface area contributed by atoms with Crippen LogP contribution in [0.3, 0.4) is 0 Å². The van der Waals surface area contributed by atoms with Gasteiger partial charge in [0.1, 0.15) is 5.00 Å². The van der Waals surface area contributed by atoms with Crippen molar-refractivity contribution in [2.75, 3.05) is 30.8 Å².